The van der Waals surface area contributed by atoms with Gasteiger partial charge in [0, 0.05) is 6.42 Å². The Labute approximate surface area is 88.7 Å². The van der Waals surface area contributed by atoms with Crippen LogP contribution in [0.15, 0.2) is 30.3 Å². The first kappa shape index (κ1) is 11.3. The van der Waals surface area contributed by atoms with Crippen molar-refractivity contribution in [3.8, 4) is 0 Å². The number of carboxylic acids is 1. The van der Waals surface area contributed by atoms with Crippen molar-refractivity contribution >= 4 is 19.6 Å². The van der Waals surface area contributed by atoms with Gasteiger partial charge in [-0.05, 0) is 5.56 Å². The van der Waals surface area contributed by atoms with Gasteiger partial charge in [0.1, 0.15) is 6.04 Å². The Bertz CT molecular complexity index is 353. The van der Waals surface area contributed by atoms with Gasteiger partial charge < -0.3 is 10.4 Å². The molecule has 2 radical (unpaired) electrons. The molecular weight excluding hydrogens is 193 g/mol. The highest BCUT2D eigenvalue weighted by molar-refractivity contribution is 6.57. The number of hydrogen-bond acceptors (Lipinski definition) is 2. The maximum atomic E-state index is 10.8. The Kier molecular flexibility index (Phi) is 3.91. The average molecular weight is 203 g/mol. The number of amides is 1. The number of benzene rings is 1. The highest BCUT2D eigenvalue weighted by Crippen LogP contribution is 2.03. The van der Waals surface area contributed by atoms with Gasteiger partial charge in [-0.3, -0.25) is 4.79 Å². The molecule has 1 aromatic rings. The monoisotopic (exact) mass is 203 g/mol. The van der Waals surface area contributed by atoms with Crippen molar-refractivity contribution in [1.82, 2.24) is 5.32 Å². The second-order valence-corrected chi connectivity index (χ2v) is 3.09. The van der Waals surface area contributed by atoms with Gasteiger partial charge in [-0.2, -0.15) is 0 Å². The van der Waals surface area contributed by atoms with Crippen molar-refractivity contribution in [1.29, 1.82) is 0 Å². The van der Waals surface area contributed by atoms with Gasteiger partial charge in [0.2, 0.25) is 7.85 Å². The van der Waals surface area contributed by atoms with Crippen LogP contribution < -0.4 is 5.32 Å². The van der Waals surface area contributed by atoms with Crippen LogP contribution in [0.3, 0.4) is 0 Å². The number of nitrogens with one attached hydrogen (secondary N) is 1. The lowest BCUT2D eigenvalue weighted by Crippen LogP contribution is -2.41. The number of aliphatic carboxylic acids is 1. The van der Waals surface area contributed by atoms with Gasteiger partial charge in [0.25, 0.3) is 0 Å². The van der Waals surface area contributed by atoms with Crippen LogP contribution in [0, 0.1) is 0 Å². The molecule has 0 aliphatic carbocycles. The largest absolute Gasteiger partial charge is 0.480 e. The Morgan fingerprint density at radius 3 is 2.40 bits per heavy atom. The van der Waals surface area contributed by atoms with Crippen LogP contribution in [0.25, 0.3) is 0 Å². The molecular formula is C10H10BNO3. The fraction of sp³-hybridized carbons (Fsp3) is 0.200. The maximum Gasteiger partial charge on any atom is 0.326 e. The molecule has 1 rings (SSSR count). The van der Waals surface area contributed by atoms with Crippen LogP contribution in [0.1, 0.15) is 5.56 Å². The topological polar surface area (TPSA) is 66.4 Å². The Morgan fingerprint density at radius 2 is 1.93 bits per heavy atom. The number of hydrogen-bond donors (Lipinski definition) is 2. The predicted molar refractivity (Wildman–Crippen MR) is 55.9 cm³/mol. The predicted octanol–water partition coefficient (Wildman–Crippen LogP) is 0.560. The van der Waals surface area contributed by atoms with E-state index in [1.807, 2.05) is 6.07 Å². The third-order valence-electron chi connectivity index (χ3n) is 1.90. The van der Waals surface area contributed by atoms with Gasteiger partial charge in [0.15, 0.2) is 5.81 Å². The zero-order chi connectivity index (χ0) is 11.3. The van der Waals surface area contributed by atoms with Gasteiger partial charge >= 0.3 is 5.97 Å². The van der Waals surface area contributed by atoms with Crippen molar-refractivity contribution in [2.75, 3.05) is 0 Å². The lowest BCUT2D eigenvalue weighted by Gasteiger charge is -2.13. The SMILES string of the molecule is [B]C(=O)N[C@H](Cc1ccccc1)C(=O)O. The summed E-state index contributed by atoms with van der Waals surface area (Å²) >= 11 is 0. The summed E-state index contributed by atoms with van der Waals surface area (Å²) in [5, 5.41) is 11.0. The van der Waals surface area contributed by atoms with E-state index in [9.17, 15) is 9.59 Å². The van der Waals surface area contributed by atoms with Crippen molar-refractivity contribution in [3.05, 3.63) is 35.9 Å². The Morgan fingerprint density at radius 1 is 1.33 bits per heavy atom. The molecule has 0 fully saturated rings. The van der Waals surface area contributed by atoms with Crippen molar-refractivity contribution in [2.45, 2.75) is 12.5 Å². The summed E-state index contributed by atoms with van der Waals surface area (Å²) in [7, 11) is 4.87. The van der Waals surface area contributed by atoms with E-state index in [2.05, 4.69) is 5.32 Å². The van der Waals surface area contributed by atoms with E-state index in [0.29, 0.717) is 0 Å². The average Bonchev–Trinajstić information content (AvgIpc) is 2.17. The number of rotatable bonds is 4. The zero-order valence-corrected chi connectivity index (χ0v) is 8.01. The zero-order valence-electron chi connectivity index (χ0n) is 8.01. The van der Waals surface area contributed by atoms with Crippen LogP contribution >= 0.6 is 0 Å². The molecule has 5 heteroatoms. The molecule has 0 unspecified atom stereocenters. The third-order valence-corrected chi connectivity index (χ3v) is 1.90. The van der Waals surface area contributed by atoms with Crippen LogP contribution in [0.4, 0.5) is 4.79 Å². The molecule has 0 aliphatic heterocycles. The van der Waals surface area contributed by atoms with Gasteiger partial charge in [-0.15, -0.1) is 0 Å². The number of carboxylic acid groups (broad SMARTS) is 1. The van der Waals surface area contributed by atoms with Crippen molar-refractivity contribution in [2.24, 2.45) is 0 Å². The summed E-state index contributed by atoms with van der Waals surface area (Å²) in [6.07, 6.45) is 0.221. The smallest absolute Gasteiger partial charge is 0.326 e. The Balaban J connectivity index is 2.67. The summed E-state index contributed by atoms with van der Waals surface area (Å²) in [5.74, 6) is -1.93. The molecule has 2 N–H and O–H groups in total. The molecule has 76 valence electrons. The van der Waals surface area contributed by atoms with E-state index in [1.165, 1.54) is 0 Å². The molecule has 0 spiro atoms. The van der Waals surface area contributed by atoms with E-state index in [-0.39, 0.29) is 6.42 Å². The van der Waals surface area contributed by atoms with Gasteiger partial charge in [0.05, 0.1) is 0 Å². The second-order valence-electron chi connectivity index (χ2n) is 3.09. The van der Waals surface area contributed by atoms with Crippen LogP contribution in [0.2, 0.25) is 0 Å². The van der Waals surface area contributed by atoms with Crippen LogP contribution in [-0.4, -0.2) is 30.8 Å². The molecule has 0 saturated heterocycles. The standard InChI is InChI=1S/C10H10BNO3/c11-10(15)12-8(9(13)14)6-7-4-2-1-3-5-7/h1-5,8H,6H2,(H,12,15)(H,13,14)/t8-/m1/s1. The fourth-order valence-electron chi connectivity index (χ4n) is 1.22. The summed E-state index contributed by atoms with van der Waals surface area (Å²) in [5.41, 5.74) is 0.832. The molecule has 1 aromatic carbocycles. The molecule has 0 bridgehead atoms. The summed E-state index contributed by atoms with van der Waals surface area (Å²) in [6.45, 7) is 0. The van der Waals surface area contributed by atoms with Crippen molar-refractivity contribution in [3.63, 3.8) is 0 Å². The molecule has 1 atom stereocenters. The first-order valence-electron chi connectivity index (χ1n) is 4.42. The molecule has 0 aliphatic rings. The first-order chi connectivity index (χ1) is 7.09. The lowest BCUT2D eigenvalue weighted by molar-refractivity contribution is -0.139. The first-order valence-corrected chi connectivity index (χ1v) is 4.42. The minimum atomic E-state index is -1.10. The van der Waals surface area contributed by atoms with Gasteiger partial charge in [-0.1, -0.05) is 30.3 Å². The van der Waals surface area contributed by atoms with E-state index in [4.69, 9.17) is 13.0 Å². The van der Waals surface area contributed by atoms with Gasteiger partial charge in [-0.25, -0.2) is 4.79 Å². The Hall–Kier alpha value is -1.78. The van der Waals surface area contributed by atoms with E-state index in [0.717, 1.165) is 5.56 Å². The summed E-state index contributed by atoms with van der Waals surface area (Å²) in [4.78, 5) is 21.3. The van der Waals surface area contributed by atoms with E-state index in [1.54, 1.807) is 24.3 Å². The highest BCUT2D eigenvalue weighted by atomic mass is 16.4. The van der Waals surface area contributed by atoms with Crippen LogP contribution in [-0.2, 0) is 11.2 Å². The minimum absolute atomic E-state index is 0.221. The van der Waals surface area contributed by atoms with Crippen molar-refractivity contribution < 1.29 is 14.7 Å². The molecule has 0 saturated carbocycles. The minimum Gasteiger partial charge on any atom is -0.480 e. The van der Waals surface area contributed by atoms with E-state index >= 15 is 0 Å². The highest BCUT2D eigenvalue weighted by Gasteiger charge is 2.17. The fourth-order valence-corrected chi connectivity index (χ4v) is 1.22. The third kappa shape index (κ3) is 3.85. The van der Waals surface area contributed by atoms with Crippen LogP contribution in [0.5, 0.6) is 0 Å². The quantitative estimate of drug-likeness (QED) is 0.702. The summed E-state index contributed by atoms with van der Waals surface area (Å²) < 4.78 is 0. The summed E-state index contributed by atoms with van der Waals surface area (Å²) in [6, 6.07) is 8.04. The molecule has 0 aromatic heterocycles. The normalized spacial score (nSPS) is 11.7. The number of carbonyl (C=O) groups excluding carboxylic acids is 1. The number of carbonyl (C=O) groups is 2. The molecule has 0 heterocycles. The molecule has 4 nitrogen and oxygen atoms in total. The molecule has 1 amide bonds. The van der Waals surface area contributed by atoms with E-state index < -0.39 is 17.8 Å². The lowest BCUT2D eigenvalue weighted by atomic mass is 10.0. The maximum absolute atomic E-state index is 10.8. The second kappa shape index (κ2) is 5.19. The molecule has 15 heavy (non-hydrogen) atoms.